The highest BCUT2D eigenvalue weighted by atomic mass is 32.1. The highest BCUT2D eigenvalue weighted by Gasteiger charge is 2.35. The second-order valence-corrected chi connectivity index (χ2v) is 6.66. The van der Waals surface area contributed by atoms with E-state index in [1.54, 1.807) is 11.3 Å². The van der Waals surface area contributed by atoms with Crippen LogP contribution < -0.4 is 5.73 Å². The van der Waals surface area contributed by atoms with Crippen molar-refractivity contribution >= 4 is 11.3 Å². The first kappa shape index (κ1) is 14.8. The molecule has 112 valence electrons. The van der Waals surface area contributed by atoms with E-state index in [1.165, 1.54) is 24.0 Å². The number of hydrogen-bond donors (Lipinski definition) is 1. The van der Waals surface area contributed by atoms with Gasteiger partial charge in [-0.2, -0.15) is 11.3 Å². The number of nitrogens with two attached hydrogens (primary N) is 1. The average Bonchev–Trinajstić information content (AvgIpc) is 3.20. The molecule has 21 heavy (non-hydrogen) atoms. The Morgan fingerprint density at radius 2 is 2.10 bits per heavy atom. The first-order chi connectivity index (χ1) is 10.3. The van der Waals surface area contributed by atoms with E-state index >= 15 is 0 Å². The fraction of sp³-hybridized carbons (Fsp3) is 0.444. The molecule has 0 bridgehead atoms. The predicted molar refractivity (Wildman–Crippen MR) is 90.4 cm³/mol. The van der Waals surface area contributed by atoms with E-state index in [0.717, 1.165) is 13.0 Å². The molecule has 1 fully saturated rings. The highest BCUT2D eigenvalue weighted by molar-refractivity contribution is 7.07. The lowest BCUT2D eigenvalue weighted by atomic mass is 9.96. The van der Waals surface area contributed by atoms with Gasteiger partial charge in [0.15, 0.2) is 0 Å². The van der Waals surface area contributed by atoms with Crippen molar-refractivity contribution in [3.05, 3.63) is 58.3 Å². The Morgan fingerprint density at radius 3 is 2.76 bits per heavy atom. The van der Waals surface area contributed by atoms with Gasteiger partial charge in [0.05, 0.1) is 6.04 Å². The Kier molecular flexibility index (Phi) is 4.73. The molecule has 3 heteroatoms. The van der Waals surface area contributed by atoms with Gasteiger partial charge in [-0.1, -0.05) is 37.3 Å². The third kappa shape index (κ3) is 3.05. The van der Waals surface area contributed by atoms with Crippen molar-refractivity contribution < 1.29 is 0 Å². The van der Waals surface area contributed by atoms with Gasteiger partial charge in [-0.15, -0.1) is 0 Å². The summed E-state index contributed by atoms with van der Waals surface area (Å²) < 4.78 is 0. The lowest BCUT2D eigenvalue weighted by Crippen LogP contribution is -2.40. The molecule has 3 rings (SSSR count). The zero-order chi connectivity index (χ0) is 14.7. The quantitative estimate of drug-likeness (QED) is 0.888. The monoisotopic (exact) mass is 300 g/mol. The van der Waals surface area contributed by atoms with E-state index in [-0.39, 0.29) is 6.04 Å². The van der Waals surface area contributed by atoms with Crippen molar-refractivity contribution in [3.63, 3.8) is 0 Å². The number of hydrogen-bond acceptors (Lipinski definition) is 3. The van der Waals surface area contributed by atoms with Crippen LogP contribution in [0.25, 0.3) is 0 Å². The summed E-state index contributed by atoms with van der Waals surface area (Å²) in [6, 6.07) is 14.2. The van der Waals surface area contributed by atoms with Crippen molar-refractivity contribution in [2.75, 3.05) is 6.54 Å². The second kappa shape index (κ2) is 6.73. The Hall–Kier alpha value is -1.16. The lowest BCUT2D eigenvalue weighted by Gasteiger charge is -2.36. The Labute approximate surface area is 131 Å². The van der Waals surface area contributed by atoms with Crippen LogP contribution in [0.1, 0.15) is 49.4 Å². The maximum Gasteiger partial charge on any atom is 0.0513 e. The minimum absolute atomic E-state index is 0.198. The predicted octanol–water partition coefficient (Wildman–Crippen LogP) is 4.36. The third-order valence-electron chi connectivity index (χ3n) is 4.60. The van der Waals surface area contributed by atoms with Crippen LogP contribution in [0.15, 0.2) is 47.2 Å². The molecular formula is C18H24N2S. The molecule has 3 atom stereocenters. The van der Waals surface area contributed by atoms with E-state index in [4.69, 9.17) is 5.73 Å². The smallest absolute Gasteiger partial charge is 0.0513 e. The molecule has 2 heterocycles. The van der Waals surface area contributed by atoms with Gasteiger partial charge in [0.1, 0.15) is 0 Å². The van der Waals surface area contributed by atoms with Crippen molar-refractivity contribution in [2.45, 2.75) is 44.3 Å². The molecule has 0 radical (unpaired) electrons. The van der Waals surface area contributed by atoms with Crippen LogP contribution >= 0.6 is 11.3 Å². The van der Waals surface area contributed by atoms with Gasteiger partial charge in [0.2, 0.25) is 0 Å². The van der Waals surface area contributed by atoms with Crippen LogP contribution in [-0.4, -0.2) is 17.5 Å². The van der Waals surface area contributed by atoms with Crippen molar-refractivity contribution in [3.8, 4) is 0 Å². The van der Waals surface area contributed by atoms with Gasteiger partial charge in [-0.25, -0.2) is 0 Å². The highest BCUT2D eigenvalue weighted by Crippen LogP contribution is 2.40. The molecule has 1 aliphatic rings. The molecule has 1 aromatic carbocycles. The van der Waals surface area contributed by atoms with E-state index in [2.05, 4.69) is 59.0 Å². The molecule has 1 aromatic heterocycles. The van der Waals surface area contributed by atoms with E-state index in [0.29, 0.717) is 12.1 Å². The number of rotatable bonds is 5. The molecule has 2 N–H and O–H groups in total. The van der Waals surface area contributed by atoms with Crippen molar-refractivity contribution in [2.24, 2.45) is 5.73 Å². The first-order valence-electron chi connectivity index (χ1n) is 7.89. The molecule has 1 aliphatic heterocycles. The maximum atomic E-state index is 6.49. The summed E-state index contributed by atoms with van der Waals surface area (Å²) in [5.41, 5.74) is 9.31. The van der Waals surface area contributed by atoms with Gasteiger partial charge < -0.3 is 5.73 Å². The van der Waals surface area contributed by atoms with E-state index in [1.807, 2.05) is 0 Å². The average molecular weight is 300 g/mol. The summed E-state index contributed by atoms with van der Waals surface area (Å²) in [5.74, 6) is 0. The van der Waals surface area contributed by atoms with Gasteiger partial charge >= 0.3 is 0 Å². The van der Waals surface area contributed by atoms with E-state index < -0.39 is 0 Å². The van der Waals surface area contributed by atoms with Gasteiger partial charge in [0.25, 0.3) is 0 Å². The fourth-order valence-corrected chi connectivity index (χ4v) is 4.20. The molecule has 0 spiro atoms. The van der Waals surface area contributed by atoms with Crippen molar-refractivity contribution in [1.29, 1.82) is 0 Å². The molecular weight excluding hydrogens is 276 g/mol. The number of nitrogens with zero attached hydrogens (tertiary/aromatic N) is 1. The van der Waals surface area contributed by atoms with E-state index in [9.17, 15) is 0 Å². The minimum atomic E-state index is 0.198. The van der Waals surface area contributed by atoms with Crippen LogP contribution in [0.5, 0.6) is 0 Å². The molecule has 0 saturated carbocycles. The lowest BCUT2D eigenvalue weighted by molar-refractivity contribution is 0.154. The zero-order valence-corrected chi connectivity index (χ0v) is 13.4. The molecule has 0 amide bonds. The first-order valence-corrected chi connectivity index (χ1v) is 8.84. The zero-order valence-electron chi connectivity index (χ0n) is 12.6. The number of benzene rings is 1. The van der Waals surface area contributed by atoms with Crippen LogP contribution in [0, 0.1) is 0 Å². The normalized spacial score (nSPS) is 22.3. The Morgan fingerprint density at radius 1 is 1.29 bits per heavy atom. The topological polar surface area (TPSA) is 29.3 Å². The largest absolute Gasteiger partial charge is 0.326 e. The Balaban J connectivity index is 1.91. The summed E-state index contributed by atoms with van der Waals surface area (Å²) in [7, 11) is 0. The molecule has 3 unspecified atom stereocenters. The van der Waals surface area contributed by atoms with Gasteiger partial charge in [-0.3, -0.25) is 4.90 Å². The van der Waals surface area contributed by atoms with Crippen LogP contribution in [-0.2, 0) is 0 Å². The summed E-state index contributed by atoms with van der Waals surface area (Å²) in [6.07, 6.45) is 3.51. The molecule has 2 nitrogen and oxygen atoms in total. The SMILES string of the molecule is CCC(N)C(c1ccsc1)N1CCCC1c1ccccc1. The molecule has 0 aliphatic carbocycles. The fourth-order valence-electron chi connectivity index (χ4n) is 3.51. The Bertz CT molecular complexity index is 538. The van der Waals surface area contributed by atoms with Gasteiger partial charge in [0, 0.05) is 12.1 Å². The number of likely N-dealkylation sites (tertiary alicyclic amines) is 1. The van der Waals surface area contributed by atoms with Gasteiger partial charge in [-0.05, 0) is 53.8 Å². The standard InChI is InChI=1S/C18H24N2S/c1-2-16(19)18(15-10-12-21-13-15)20-11-6-9-17(20)14-7-4-3-5-8-14/h3-5,7-8,10,12-13,16-18H,2,6,9,11,19H2,1H3. The summed E-state index contributed by atoms with van der Waals surface area (Å²) >= 11 is 1.77. The second-order valence-electron chi connectivity index (χ2n) is 5.88. The summed E-state index contributed by atoms with van der Waals surface area (Å²) in [5, 5.41) is 4.43. The molecule has 1 saturated heterocycles. The summed E-state index contributed by atoms with van der Waals surface area (Å²) in [4.78, 5) is 2.63. The van der Waals surface area contributed by atoms with Crippen LogP contribution in [0.3, 0.4) is 0 Å². The summed E-state index contributed by atoms with van der Waals surface area (Å²) in [6.45, 7) is 3.34. The third-order valence-corrected chi connectivity index (χ3v) is 5.30. The maximum absolute atomic E-state index is 6.49. The minimum Gasteiger partial charge on any atom is -0.326 e. The van der Waals surface area contributed by atoms with Crippen molar-refractivity contribution in [1.82, 2.24) is 4.90 Å². The molecule has 2 aromatic rings. The van der Waals surface area contributed by atoms with Crippen LogP contribution in [0.4, 0.5) is 0 Å². The number of thiophene rings is 1. The van der Waals surface area contributed by atoms with Crippen LogP contribution in [0.2, 0.25) is 0 Å².